The first-order chi connectivity index (χ1) is 9.52. The van der Waals surface area contributed by atoms with Gasteiger partial charge in [-0.2, -0.15) is 4.98 Å². The maximum absolute atomic E-state index is 12.2. The summed E-state index contributed by atoms with van der Waals surface area (Å²) in [5.74, 6) is 0.569. The standard InChI is InChI=1S/C14H22N2O4/c1-5-13(3,18-4)10-15-11(20-16-10)14(8-7-9-14)12(17)19-6-2/h5-9H2,1-4H3. The number of hydrogen-bond acceptors (Lipinski definition) is 6. The van der Waals surface area contributed by atoms with Crippen LogP contribution in [0.3, 0.4) is 0 Å². The van der Waals surface area contributed by atoms with Gasteiger partial charge < -0.3 is 14.0 Å². The number of carbonyl (C=O) groups is 1. The average molecular weight is 282 g/mol. The minimum absolute atomic E-state index is 0.267. The van der Waals surface area contributed by atoms with Gasteiger partial charge in [0.15, 0.2) is 0 Å². The number of carbonyl (C=O) groups excluding carboxylic acids is 1. The SMILES string of the molecule is CCOC(=O)C1(c2nc(C(C)(CC)OC)no2)CCC1. The lowest BCUT2D eigenvalue weighted by Crippen LogP contribution is -2.44. The molecule has 1 aromatic heterocycles. The lowest BCUT2D eigenvalue weighted by atomic mass is 9.68. The average Bonchev–Trinajstić information content (AvgIpc) is 2.87. The molecule has 2 rings (SSSR count). The molecule has 1 aliphatic rings. The van der Waals surface area contributed by atoms with Crippen molar-refractivity contribution in [1.82, 2.24) is 10.1 Å². The van der Waals surface area contributed by atoms with E-state index in [1.165, 1.54) is 0 Å². The van der Waals surface area contributed by atoms with E-state index >= 15 is 0 Å². The van der Waals surface area contributed by atoms with Crippen molar-refractivity contribution in [2.24, 2.45) is 0 Å². The number of nitrogens with zero attached hydrogens (tertiary/aromatic N) is 2. The summed E-state index contributed by atoms with van der Waals surface area (Å²) >= 11 is 0. The molecule has 0 radical (unpaired) electrons. The molecule has 1 aromatic rings. The fourth-order valence-electron chi connectivity index (χ4n) is 2.33. The molecule has 112 valence electrons. The van der Waals surface area contributed by atoms with E-state index in [1.807, 2.05) is 13.8 Å². The van der Waals surface area contributed by atoms with Crippen LogP contribution in [0.25, 0.3) is 0 Å². The first-order valence-corrected chi connectivity index (χ1v) is 7.09. The minimum atomic E-state index is -0.746. The third-order valence-electron chi connectivity index (χ3n) is 4.31. The van der Waals surface area contributed by atoms with Gasteiger partial charge in [-0.3, -0.25) is 4.79 Å². The summed E-state index contributed by atoms with van der Waals surface area (Å²) in [5.41, 5.74) is -1.34. The molecule has 6 heteroatoms. The Balaban J connectivity index is 2.29. The van der Waals surface area contributed by atoms with Gasteiger partial charge >= 0.3 is 5.97 Å². The zero-order valence-corrected chi connectivity index (χ0v) is 12.6. The highest BCUT2D eigenvalue weighted by Crippen LogP contribution is 2.44. The summed E-state index contributed by atoms with van der Waals surface area (Å²) in [5, 5.41) is 4.00. The second-order valence-corrected chi connectivity index (χ2v) is 5.37. The van der Waals surface area contributed by atoms with Gasteiger partial charge in [0.05, 0.1) is 6.61 Å². The predicted molar refractivity (Wildman–Crippen MR) is 71.1 cm³/mol. The maximum Gasteiger partial charge on any atom is 0.321 e. The van der Waals surface area contributed by atoms with Crippen molar-refractivity contribution in [3.05, 3.63) is 11.7 Å². The number of rotatable bonds is 6. The summed E-state index contributed by atoms with van der Waals surface area (Å²) in [4.78, 5) is 16.6. The Bertz CT molecular complexity index is 475. The molecule has 6 nitrogen and oxygen atoms in total. The van der Waals surface area contributed by atoms with Crippen LogP contribution in [0.15, 0.2) is 4.52 Å². The molecular weight excluding hydrogens is 260 g/mol. The maximum atomic E-state index is 12.2. The Morgan fingerprint density at radius 2 is 2.15 bits per heavy atom. The van der Waals surface area contributed by atoms with Crippen LogP contribution in [0.1, 0.15) is 58.2 Å². The molecule has 0 N–H and O–H groups in total. The summed E-state index contributed by atoms with van der Waals surface area (Å²) < 4.78 is 16.0. The lowest BCUT2D eigenvalue weighted by molar-refractivity contribution is -0.155. The first-order valence-electron chi connectivity index (χ1n) is 7.09. The predicted octanol–water partition coefficient (Wildman–Crippen LogP) is 2.33. The highest BCUT2D eigenvalue weighted by atomic mass is 16.5. The van der Waals surface area contributed by atoms with Crippen molar-refractivity contribution in [2.45, 2.75) is 57.5 Å². The third kappa shape index (κ3) is 2.22. The number of esters is 1. The molecule has 0 saturated heterocycles. The first kappa shape index (κ1) is 15.0. The zero-order chi connectivity index (χ0) is 14.8. The van der Waals surface area contributed by atoms with Crippen LogP contribution < -0.4 is 0 Å². The fourth-order valence-corrected chi connectivity index (χ4v) is 2.33. The lowest BCUT2D eigenvalue weighted by Gasteiger charge is -2.35. The van der Waals surface area contributed by atoms with Crippen LogP contribution in [0.5, 0.6) is 0 Å². The molecule has 1 saturated carbocycles. The molecule has 0 amide bonds. The summed E-state index contributed by atoms with van der Waals surface area (Å²) in [7, 11) is 1.62. The van der Waals surface area contributed by atoms with E-state index in [1.54, 1.807) is 14.0 Å². The van der Waals surface area contributed by atoms with Gasteiger partial charge in [-0.15, -0.1) is 0 Å². The van der Waals surface area contributed by atoms with Gasteiger partial charge in [0.25, 0.3) is 0 Å². The number of hydrogen-bond donors (Lipinski definition) is 0. The summed E-state index contributed by atoms with van der Waals surface area (Å²) in [6.45, 7) is 6.04. The van der Waals surface area contributed by atoms with Crippen LogP contribution >= 0.6 is 0 Å². The van der Waals surface area contributed by atoms with Gasteiger partial charge in [-0.25, -0.2) is 0 Å². The molecule has 1 aliphatic carbocycles. The van der Waals surface area contributed by atoms with Crippen molar-refractivity contribution in [3.63, 3.8) is 0 Å². The molecule has 20 heavy (non-hydrogen) atoms. The molecule has 1 unspecified atom stereocenters. The molecule has 0 bridgehead atoms. The topological polar surface area (TPSA) is 74.5 Å². The normalized spacial score (nSPS) is 20.0. The summed E-state index contributed by atoms with van der Waals surface area (Å²) in [6.07, 6.45) is 3.08. The van der Waals surface area contributed by atoms with E-state index in [2.05, 4.69) is 10.1 Å². The van der Waals surface area contributed by atoms with E-state index in [0.717, 1.165) is 12.8 Å². The Morgan fingerprint density at radius 3 is 2.60 bits per heavy atom. The van der Waals surface area contributed by atoms with Crippen LogP contribution in [-0.4, -0.2) is 29.8 Å². The van der Waals surface area contributed by atoms with Gasteiger partial charge in [-0.1, -0.05) is 18.5 Å². The largest absolute Gasteiger partial charge is 0.465 e. The van der Waals surface area contributed by atoms with Crippen LogP contribution in [0, 0.1) is 0 Å². The second-order valence-electron chi connectivity index (χ2n) is 5.37. The highest BCUT2D eigenvalue weighted by Gasteiger charge is 2.52. The van der Waals surface area contributed by atoms with Gasteiger partial charge in [-0.05, 0) is 33.1 Å². The van der Waals surface area contributed by atoms with Gasteiger partial charge in [0.2, 0.25) is 11.7 Å². The number of aromatic nitrogens is 2. The number of methoxy groups -OCH3 is 1. The van der Waals surface area contributed by atoms with Gasteiger partial charge in [0, 0.05) is 7.11 Å². The molecular formula is C14H22N2O4. The molecule has 1 atom stereocenters. The van der Waals surface area contributed by atoms with Crippen molar-refractivity contribution in [1.29, 1.82) is 0 Å². The van der Waals surface area contributed by atoms with Crippen LogP contribution in [0.2, 0.25) is 0 Å². The molecule has 1 heterocycles. The second kappa shape index (κ2) is 5.52. The zero-order valence-electron chi connectivity index (χ0n) is 12.6. The smallest absolute Gasteiger partial charge is 0.321 e. The van der Waals surface area contributed by atoms with Crippen molar-refractivity contribution < 1.29 is 18.8 Å². The highest BCUT2D eigenvalue weighted by molar-refractivity contribution is 5.83. The van der Waals surface area contributed by atoms with E-state index in [9.17, 15) is 4.79 Å². The van der Waals surface area contributed by atoms with Crippen molar-refractivity contribution in [3.8, 4) is 0 Å². The molecule has 0 aliphatic heterocycles. The fraction of sp³-hybridized carbons (Fsp3) is 0.786. The van der Waals surface area contributed by atoms with E-state index in [-0.39, 0.29) is 5.97 Å². The summed E-state index contributed by atoms with van der Waals surface area (Å²) in [6, 6.07) is 0. The Hall–Kier alpha value is -1.43. The Morgan fingerprint density at radius 1 is 1.45 bits per heavy atom. The van der Waals surface area contributed by atoms with Crippen molar-refractivity contribution >= 4 is 5.97 Å². The minimum Gasteiger partial charge on any atom is -0.465 e. The van der Waals surface area contributed by atoms with Crippen LogP contribution in [0.4, 0.5) is 0 Å². The molecule has 1 fully saturated rings. The quantitative estimate of drug-likeness (QED) is 0.745. The monoisotopic (exact) mass is 282 g/mol. The third-order valence-corrected chi connectivity index (χ3v) is 4.31. The van der Waals surface area contributed by atoms with E-state index < -0.39 is 11.0 Å². The van der Waals surface area contributed by atoms with Crippen LogP contribution in [-0.2, 0) is 25.3 Å². The molecule has 0 spiro atoms. The van der Waals surface area contributed by atoms with Crippen molar-refractivity contribution in [2.75, 3.05) is 13.7 Å². The Labute approximate surface area is 118 Å². The molecule has 0 aromatic carbocycles. The number of ether oxygens (including phenoxy) is 2. The van der Waals surface area contributed by atoms with E-state index in [4.69, 9.17) is 14.0 Å². The van der Waals surface area contributed by atoms with Gasteiger partial charge in [0.1, 0.15) is 11.0 Å². The van der Waals surface area contributed by atoms with E-state index in [0.29, 0.717) is 31.2 Å². The Kier molecular flexibility index (Phi) is 4.13.